The van der Waals surface area contributed by atoms with Crippen LogP contribution in [0.2, 0.25) is 5.02 Å². The molecular weight excluding hydrogens is 354 g/mol. The zero-order valence-corrected chi connectivity index (χ0v) is 16.7. The van der Waals surface area contributed by atoms with E-state index in [2.05, 4.69) is 35.1 Å². The summed E-state index contributed by atoms with van der Waals surface area (Å²) in [5, 5.41) is 0.760. The van der Waals surface area contributed by atoms with E-state index < -0.39 is 5.54 Å². The number of H-pyrrole nitrogens is 1. The average Bonchev–Trinajstić information content (AvgIpc) is 3.19. The van der Waals surface area contributed by atoms with Crippen LogP contribution in [-0.2, 0) is 12.0 Å². The van der Waals surface area contributed by atoms with Gasteiger partial charge in [0.1, 0.15) is 5.82 Å². The van der Waals surface area contributed by atoms with Gasteiger partial charge in [0, 0.05) is 5.02 Å². The van der Waals surface area contributed by atoms with Crippen LogP contribution in [0.3, 0.4) is 0 Å². The topological polar surface area (TPSA) is 54.7 Å². The summed E-state index contributed by atoms with van der Waals surface area (Å²) in [6.07, 6.45) is 8.13. The number of nitrogens with zero attached hydrogens (tertiary/aromatic N) is 1. The van der Waals surface area contributed by atoms with Crippen LogP contribution in [0.1, 0.15) is 50.4 Å². The van der Waals surface area contributed by atoms with Crippen molar-refractivity contribution >= 4 is 11.6 Å². The molecule has 0 radical (unpaired) electrons. The Morgan fingerprint density at radius 2 is 1.74 bits per heavy atom. The van der Waals surface area contributed by atoms with Crippen molar-refractivity contribution in [3.8, 4) is 11.3 Å². The molecule has 3 aromatic rings. The van der Waals surface area contributed by atoms with E-state index in [1.54, 1.807) is 0 Å². The fraction of sp³-hybridized carbons (Fsp3) is 0.348. The molecule has 0 aliphatic rings. The number of nitrogens with one attached hydrogen (secondary N) is 1. The molecule has 0 fully saturated rings. The highest BCUT2D eigenvalue weighted by Gasteiger charge is 2.31. The molecule has 27 heavy (non-hydrogen) atoms. The van der Waals surface area contributed by atoms with Gasteiger partial charge in [0.25, 0.3) is 0 Å². The number of aromatic nitrogens is 2. The van der Waals surface area contributed by atoms with Crippen LogP contribution in [0.5, 0.6) is 0 Å². The SMILES string of the molecule is CCCCCCC(N)(Cc1ccccc1Cl)c1ncc(-c2ccccc2)[nH]1. The molecule has 1 aromatic heterocycles. The van der Waals surface area contributed by atoms with Gasteiger partial charge < -0.3 is 10.7 Å². The number of hydrogen-bond donors (Lipinski definition) is 2. The van der Waals surface area contributed by atoms with E-state index in [1.165, 1.54) is 19.3 Å². The molecule has 4 heteroatoms. The highest BCUT2D eigenvalue weighted by Crippen LogP contribution is 2.31. The summed E-state index contributed by atoms with van der Waals surface area (Å²) < 4.78 is 0. The lowest BCUT2D eigenvalue weighted by molar-refractivity contribution is 0.366. The lowest BCUT2D eigenvalue weighted by atomic mass is 9.85. The fourth-order valence-corrected chi connectivity index (χ4v) is 3.68. The monoisotopic (exact) mass is 381 g/mol. The molecule has 2 aromatic carbocycles. The molecule has 3 nitrogen and oxygen atoms in total. The van der Waals surface area contributed by atoms with E-state index >= 15 is 0 Å². The number of halogens is 1. The first kappa shape index (κ1) is 19.7. The number of imidazole rings is 1. The summed E-state index contributed by atoms with van der Waals surface area (Å²) in [6, 6.07) is 18.2. The lowest BCUT2D eigenvalue weighted by Gasteiger charge is -2.28. The minimum absolute atomic E-state index is 0.564. The van der Waals surface area contributed by atoms with Gasteiger partial charge >= 0.3 is 0 Å². The van der Waals surface area contributed by atoms with Crippen LogP contribution in [-0.4, -0.2) is 9.97 Å². The third-order valence-electron chi connectivity index (χ3n) is 5.07. The van der Waals surface area contributed by atoms with Crippen molar-refractivity contribution in [1.29, 1.82) is 0 Å². The van der Waals surface area contributed by atoms with Crippen molar-refractivity contribution in [2.75, 3.05) is 0 Å². The van der Waals surface area contributed by atoms with Crippen molar-refractivity contribution < 1.29 is 0 Å². The zero-order valence-electron chi connectivity index (χ0n) is 15.9. The van der Waals surface area contributed by atoms with Gasteiger partial charge in [0.15, 0.2) is 0 Å². The second-order valence-electron chi connectivity index (χ2n) is 7.25. The Balaban J connectivity index is 1.87. The number of unbranched alkanes of at least 4 members (excludes halogenated alkanes) is 3. The Hall–Kier alpha value is -2.10. The molecule has 142 valence electrons. The van der Waals surface area contributed by atoms with E-state index in [9.17, 15) is 0 Å². The lowest BCUT2D eigenvalue weighted by Crippen LogP contribution is -2.40. The first-order chi connectivity index (χ1) is 13.1. The number of benzene rings is 2. The summed E-state index contributed by atoms with van der Waals surface area (Å²) in [6.45, 7) is 2.22. The summed E-state index contributed by atoms with van der Waals surface area (Å²) in [5.74, 6) is 0.831. The third-order valence-corrected chi connectivity index (χ3v) is 5.44. The van der Waals surface area contributed by atoms with Crippen LogP contribution in [0.25, 0.3) is 11.3 Å². The molecule has 1 heterocycles. The van der Waals surface area contributed by atoms with Crippen molar-refractivity contribution in [2.24, 2.45) is 5.73 Å². The standard InChI is InChI=1S/C23H28ClN3/c1-2-3-4-10-15-23(25,16-19-13-8-9-14-20(19)24)22-26-17-21(27-22)18-11-6-5-7-12-18/h5-9,11-14,17H,2-4,10,15-16,25H2,1H3,(H,26,27). The number of hydrogen-bond acceptors (Lipinski definition) is 2. The Morgan fingerprint density at radius 3 is 2.48 bits per heavy atom. The zero-order chi connectivity index (χ0) is 19.1. The van der Waals surface area contributed by atoms with E-state index in [1.807, 2.05) is 42.6 Å². The molecule has 1 unspecified atom stereocenters. The smallest absolute Gasteiger partial charge is 0.127 e. The number of nitrogens with two attached hydrogens (primary N) is 1. The molecule has 0 bridgehead atoms. The van der Waals surface area contributed by atoms with Crippen LogP contribution in [0.4, 0.5) is 0 Å². The number of aromatic amines is 1. The maximum atomic E-state index is 6.94. The summed E-state index contributed by atoms with van der Waals surface area (Å²) >= 11 is 6.42. The van der Waals surface area contributed by atoms with Gasteiger partial charge in [-0.3, -0.25) is 0 Å². The molecule has 0 spiro atoms. The van der Waals surface area contributed by atoms with Crippen molar-refractivity contribution in [3.05, 3.63) is 77.2 Å². The molecule has 0 amide bonds. The van der Waals surface area contributed by atoms with Gasteiger partial charge in [-0.25, -0.2) is 4.98 Å². The van der Waals surface area contributed by atoms with Crippen LogP contribution >= 0.6 is 11.6 Å². The summed E-state index contributed by atoms with van der Waals surface area (Å²) in [4.78, 5) is 8.14. The van der Waals surface area contributed by atoms with Crippen LogP contribution in [0.15, 0.2) is 60.8 Å². The molecule has 3 rings (SSSR count). The first-order valence-corrected chi connectivity index (χ1v) is 10.1. The van der Waals surface area contributed by atoms with Gasteiger partial charge in [-0.05, 0) is 30.0 Å². The molecule has 1 atom stereocenters. The maximum absolute atomic E-state index is 6.94. The van der Waals surface area contributed by atoms with E-state index in [0.717, 1.165) is 40.5 Å². The van der Waals surface area contributed by atoms with E-state index in [-0.39, 0.29) is 0 Å². The van der Waals surface area contributed by atoms with E-state index in [4.69, 9.17) is 17.3 Å². The average molecular weight is 382 g/mol. The van der Waals surface area contributed by atoms with E-state index in [0.29, 0.717) is 6.42 Å². The van der Waals surface area contributed by atoms with Gasteiger partial charge in [-0.1, -0.05) is 92.7 Å². The Bertz CT molecular complexity index is 844. The summed E-state index contributed by atoms with van der Waals surface area (Å²) in [7, 11) is 0. The van der Waals surface area contributed by atoms with Crippen molar-refractivity contribution in [1.82, 2.24) is 9.97 Å². The maximum Gasteiger partial charge on any atom is 0.127 e. The largest absolute Gasteiger partial charge is 0.340 e. The first-order valence-electron chi connectivity index (χ1n) is 9.75. The third kappa shape index (κ3) is 5.00. The predicted octanol–water partition coefficient (Wildman–Crippen LogP) is 6.10. The molecular formula is C23H28ClN3. The molecule has 0 aliphatic carbocycles. The Kier molecular flexibility index (Phi) is 6.70. The summed E-state index contributed by atoms with van der Waals surface area (Å²) in [5.41, 5.74) is 9.55. The highest BCUT2D eigenvalue weighted by atomic mass is 35.5. The predicted molar refractivity (Wildman–Crippen MR) is 114 cm³/mol. The molecule has 0 aliphatic heterocycles. The van der Waals surface area contributed by atoms with Crippen LogP contribution in [0, 0.1) is 0 Å². The molecule has 0 saturated heterocycles. The second-order valence-corrected chi connectivity index (χ2v) is 7.65. The quantitative estimate of drug-likeness (QED) is 0.440. The van der Waals surface area contributed by atoms with Gasteiger partial charge in [-0.15, -0.1) is 0 Å². The highest BCUT2D eigenvalue weighted by molar-refractivity contribution is 6.31. The van der Waals surface area contributed by atoms with Crippen molar-refractivity contribution in [2.45, 2.75) is 51.0 Å². The minimum atomic E-state index is -0.564. The van der Waals surface area contributed by atoms with Gasteiger partial charge in [0.2, 0.25) is 0 Å². The van der Waals surface area contributed by atoms with Crippen LogP contribution < -0.4 is 5.73 Å². The normalized spacial score (nSPS) is 13.4. The van der Waals surface area contributed by atoms with Gasteiger partial charge in [-0.2, -0.15) is 0 Å². The molecule has 3 N–H and O–H groups in total. The fourth-order valence-electron chi connectivity index (χ4n) is 3.48. The molecule has 0 saturated carbocycles. The van der Waals surface area contributed by atoms with Gasteiger partial charge in [0.05, 0.1) is 17.4 Å². The Labute approximate surface area is 167 Å². The number of rotatable bonds is 9. The Morgan fingerprint density at radius 1 is 1.00 bits per heavy atom. The van der Waals surface area contributed by atoms with Crippen molar-refractivity contribution in [3.63, 3.8) is 0 Å². The second kappa shape index (κ2) is 9.20. The minimum Gasteiger partial charge on any atom is -0.340 e.